The van der Waals surface area contributed by atoms with Crippen molar-refractivity contribution in [2.45, 2.75) is 20.3 Å². The molecular weight excluding hydrogens is 237 g/mol. The van der Waals surface area contributed by atoms with Gasteiger partial charge >= 0.3 is 0 Å². The summed E-state index contributed by atoms with van der Waals surface area (Å²) in [5, 5.41) is 3.97. The molecule has 1 aliphatic rings. The highest BCUT2D eigenvalue weighted by atomic mass is 35.5. The minimum atomic E-state index is -0.243. The maximum atomic E-state index is 13.2. The van der Waals surface area contributed by atoms with E-state index in [4.69, 9.17) is 11.6 Å². The minimum Gasteiger partial charge on any atom is -0.316 e. The quantitative estimate of drug-likeness (QED) is 0.801. The van der Waals surface area contributed by atoms with E-state index < -0.39 is 0 Å². The molecule has 0 atom stereocenters. The summed E-state index contributed by atoms with van der Waals surface area (Å²) in [6, 6.07) is 4.49. The van der Waals surface area contributed by atoms with Crippen LogP contribution < -0.4 is 5.32 Å². The minimum absolute atomic E-state index is 0.105. The lowest BCUT2D eigenvalue weighted by Crippen LogP contribution is -2.37. The van der Waals surface area contributed by atoms with Gasteiger partial charge in [0.2, 0.25) is 0 Å². The number of benzene rings is 1. The predicted molar refractivity (Wildman–Crippen MR) is 70.7 cm³/mol. The molecule has 1 nitrogen and oxygen atoms in total. The van der Waals surface area contributed by atoms with E-state index in [1.807, 2.05) is 6.08 Å². The van der Waals surface area contributed by atoms with Crippen LogP contribution >= 0.6 is 11.6 Å². The molecule has 0 radical (unpaired) electrons. The Morgan fingerprint density at radius 2 is 2.18 bits per heavy atom. The van der Waals surface area contributed by atoms with Gasteiger partial charge in [-0.15, -0.1) is 0 Å². The molecule has 1 N–H and O–H groups in total. The fourth-order valence-corrected chi connectivity index (χ4v) is 2.33. The van der Waals surface area contributed by atoms with Crippen molar-refractivity contribution in [3.05, 3.63) is 40.2 Å². The van der Waals surface area contributed by atoms with Crippen molar-refractivity contribution >= 4 is 17.7 Å². The first-order chi connectivity index (χ1) is 7.99. The predicted octanol–water partition coefficient (Wildman–Crippen LogP) is 3.88. The standard InChI is InChI=1S/C14H17ClFN/c1-14(2)9-17-6-5-11(14)7-10-8-12(16)3-4-13(10)15/h3-4,7-8,17H,5-6,9H2,1-2H3/b11-7+. The highest BCUT2D eigenvalue weighted by molar-refractivity contribution is 6.32. The maximum Gasteiger partial charge on any atom is 0.123 e. The van der Waals surface area contributed by atoms with Gasteiger partial charge in [0, 0.05) is 11.6 Å². The highest BCUT2D eigenvalue weighted by Gasteiger charge is 2.26. The zero-order chi connectivity index (χ0) is 12.5. The molecular formula is C14H17ClFN. The van der Waals surface area contributed by atoms with E-state index in [1.165, 1.54) is 17.7 Å². The first kappa shape index (κ1) is 12.6. The van der Waals surface area contributed by atoms with Crippen molar-refractivity contribution in [2.75, 3.05) is 13.1 Å². The largest absolute Gasteiger partial charge is 0.316 e. The van der Waals surface area contributed by atoms with Crippen LogP contribution in [0, 0.1) is 11.2 Å². The van der Waals surface area contributed by atoms with E-state index >= 15 is 0 Å². The molecule has 0 amide bonds. The molecule has 0 saturated carbocycles. The van der Waals surface area contributed by atoms with E-state index in [2.05, 4.69) is 19.2 Å². The fraction of sp³-hybridized carbons (Fsp3) is 0.429. The van der Waals surface area contributed by atoms with Gasteiger partial charge in [0.1, 0.15) is 5.82 Å². The summed E-state index contributed by atoms with van der Waals surface area (Å²) in [4.78, 5) is 0. The van der Waals surface area contributed by atoms with E-state index in [-0.39, 0.29) is 11.2 Å². The van der Waals surface area contributed by atoms with Crippen LogP contribution in [-0.4, -0.2) is 13.1 Å². The summed E-state index contributed by atoms with van der Waals surface area (Å²) in [5.74, 6) is -0.243. The van der Waals surface area contributed by atoms with Crippen LogP contribution in [0.3, 0.4) is 0 Å². The Balaban J connectivity index is 2.37. The van der Waals surface area contributed by atoms with Gasteiger partial charge in [0.25, 0.3) is 0 Å². The molecule has 1 heterocycles. The molecule has 1 fully saturated rings. The monoisotopic (exact) mass is 253 g/mol. The Hall–Kier alpha value is -0.860. The Bertz CT molecular complexity index is 452. The Kier molecular flexibility index (Phi) is 3.55. The van der Waals surface area contributed by atoms with Gasteiger partial charge in [-0.25, -0.2) is 4.39 Å². The maximum absolute atomic E-state index is 13.2. The summed E-state index contributed by atoms with van der Waals surface area (Å²) in [5.41, 5.74) is 2.20. The van der Waals surface area contributed by atoms with E-state index in [1.54, 1.807) is 6.07 Å². The Labute approximate surface area is 107 Å². The van der Waals surface area contributed by atoms with Crippen LogP contribution in [0.25, 0.3) is 6.08 Å². The van der Waals surface area contributed by atoms with E-state index in [0.717, 1.165) is 25.1 Å². The van der Waals surface area contributed by atoms with Gasteiger partial charge in [0.05, 0.1) is 0 Å². The highest BCUT2D eigenvalue weighted by Crippen LogP contribution is 2.33. The second kappa shape index (κ2) is 4.79. The number of rotatable bonds is 1. The lowest BCUT2D eigenvalue weighted by molar-refractivity contribution is 0.360. The molecule has 1 aromatic carbocycles. The van der Waals surface area contributed by atoms with Gasteiger partial charge in [0.15, 0.2) is 0 Å². The van der Waals surface area contributed by atoms with Gasteiger partial charge in [-0.05, 0) is 42.1 Å². The third-order valence-corrected chi connectivity index (χ3v) is 3.64. The summed E-state index contributed by atoms with van der Waals surface area (Å²) in [7, 11) is 0. The number of halogens is 2. The Morgan fingerprint density at radius 1 is 1.41 bits per heavy atom. The SMILES string of the molecule is CC1(C)CNCC/C1=C\c1cc(F)ccc1Cl. The normalized spacial score (nSPS) is 21.8. The second-order valence-corrected chi connectivity index (χ2v) is 5.55. The lowest BCUT2D eigenvalue weighted by atomic mass is 9.79. The zero-order valence-electron chi connectivity index (χ0n) is 10.2. The molecule has 17 heavy (non-hydrogen) atoms. The second-order valence-electron chi connectivity index (χ2n) is 5.15. The average Bonchev–Trinajstić information content (AvgIpc) is 2.26. The molecule has 0 spiro atoms. The summed E-state index contributed by atoms with van der Waals surface area (Å²) < 4.78 is 13.2. The van der Waals surface area contributed by atoms with Crippen LogP contribution in [0.2, 0.25) is 5.02 Å². The summed E-state index contributed by atoms with van der Waals surface area (Å²) >= 11 is 6.08. The van der Waals surface area contributed by atoms with Crippen molar-refractivity contribution < 1.29 is 4.39 Å². The van der Waals surface area contributed by atoms with Gasteiger partial charge in [-0.1, -0.05) is 37.1 Å². The van der Waals surface area contributed by atoms with Crippen molar-refractivity contribution in [2.24, 2.45) is 5.41 Å². The van der Waals surface area contributed by atoms with Crippen molar-refractivity contribution in [3.8, 4) is 0 Å². The molecule has 0 unspecified atom stereocenters. The van der Waals surface area contributed by atoms with Crippen LogP contribution in [0.4, 0.5) is 4.39 Å². The zero-order valence-corrected chi connectivity index (χ0v) is 10.9. The molecule has 1 saturated heterocycles. The topological polar surface area (TPSA) is 12.0 Å². The van der Waals surface area contributed by atoms with Crippen LogP contribution in [0.1, 0.15) is 25.8 Å². The van der Waals surface area contributed by atoms with Crippen molar-refractivity contribution in [1.82, 2.24) is 5.32 Å². The van der Waals surface area contributed by atoms with Crippen LogP contribution in [0.5, 0.6) is 0 Å². The summed E-state index contributed by atoms with van der Waals surface area (Å²) in [6.07, 6.45) is 3.02. The first-order valence-corrected chi connectivity index (χ1v) is 6.24. The Morgan fingerprint density at radius 3 is 2.88 bits per heavy atom. The smallest absolute Gasteiger partial charge is 0.123 e. The molecule has 0 aromatic heterocycles. The third-order valence-electron chi connectivity index (χ3n) is 3.30. The summed E-state index contributed by atoms with van der Waals surface area (Å²) in [6.45, 7) is 6.31. The average molecular weight is 254 g/mol. The molecule has 1 aromatic rings. The van der Waals surface area contributed by atoms with Crippen LogP contribution in [-0.2, 0) is 0 Å². The van der Waals surface area contributed by atoms with E-state index in [9.17, 15) is 4.39 Å². The fourth-order valence-electron chi connectivity index (χ4n) is 2.16. The lowest BCUT2D eigenvalue weighted by Gasteiger charge is -2.33. The number of hydrogen-bond donors (Lipinski definition) is 1. The van der Waals surface area contributed by atoms with Crippen molar-refractivity contribution in [1.29, 1.82) is 0 Å². The van der Waals surface area contributed by atoms with Gasteiger partial charge in [-0.2, -0.15) is 0 Å². The molecule has 2 rings (SSSR count). The van der Waals surface area contributed by atoms with Crippen LogP contribution in [0.15, 0.2) is 23.8 Å². The van der Waals surface area contributed by atoms with Gasteiger partial charge < -0.3 is 5.32 Å². The van der Waals surface area contributed by atoms with E-state index in [0.29, 0.717) is 5.02 Å². The molecule has 1 aliphatic heterocycles. The van der Waals surface area contributed by atoms with Gasteiger partial charge in [-0.3, -0.25) is 0 Å². The molecule has 92 valence electrons. The third kappa shape index (κ3) is 2.88. The number of piperidine rings is 1. The molecule has 0 bridgehead atoms. The van der Waals surface area contributed by atoms with Crippen molar-refractivity contribution in [3.63, 3.8) is 0 Å². The number of nitrogens with one attached hydrogen (secondary N) is 1. The first-order valence-electron chi connectivity index (χ1n) is 5.86. The number of hydrogen-bond acceptors (Lipinski definition) is 1. The molecule has 3 heteroatoms. The molecule has 0 aliphatic carbocycles.